The van der Waals surface area contributed by atoms with Gasteiger partial charge in [-0.15, -0.1) is 24.0 Å². The molecule has 3 nitrogen and oxygen atoms in total. The molecule has 0 bridgehead atoms. The summed E-state index contributed by atoms with van der Waals surface area (Å²) in [7, 11) is 0. The minimum absolute atomic E-state index is 0. The Labute approximate surface area is 128 Å². The van der Waals surface area contributed by atoms with Crippen LogP contribution >= 0.6 is 35.7 Å². The lowest BCUT2D eigenvalue weighted by Gasteiger charge is -2.10. The van der Waals surface area contributed by atoms with Crippen molar-refractivity contribution in [2.75, 3.05) is 31.6 Å². The van der Waals surface area contributed by atoms with Crippen LogP contribution in [0.1, 0.15) is 39.5 Å². The normalized spacial score (nSPS) is 10.9. The van der Waals surface area contributed by atoms with E-state index < -0.39 is 0 Å². The number of hydrogen-bond acceptors (Lipinski definition) is 2. The molecule has 0 aliphatic heterocycles. The summed E-state index contributed by atoms with van der Waals surface area (Å²) < 4.78 is 0. The first-order valence-corrected chi connectivity index (χ1v) is 7.75. The number of rotatable bonds is 9. The number of thioether (sulfide) groups is 1. The first-order valence-electron chi connectivity index (χ1n) is 6.36. The molecule has 0 spiro atoms. The zero-order valence-electron chi connectivity index (χ0n) is 11.4. The van der Waals surface area contributed by atoms with E-state index in [0.717, 1.165) is 32.0 Å². The van der Waals surface area contributed by atoms with Crippen LogP contribution in [0.5, 0.6) is 0 Å². The van der Waals surface area contributed by atoms with Gasteiger partial charge in [0.2, 0.25) is 0 Å². The van der Waals surface area contributed by atoms with Gasteiger partial charge in [-0.05, 0) is 31.8 Å². The van der Waals surface area contributed by atoms with E-state index in [9.17, 15) is 0 Å². The molecular formula is C12H28IN3S. The number of nitrogens with one attached hydrogen (secondary N) is 2. The van der Waals surface area contributed by atoms with E-state index >= 15 is 0 Å². The lowest BCUT2D eigenvalue weighted by Crippen LogP contribution is -2.37. The second-order valence-corrected chi connectivity index (χ2v) is 4.73. The standard InChI is InChI=1S/C12H27N3S.HI/c1-4-6-7-9-14-12(13-5-2)15-10-8-11-16-3;/h4-11H2,1-3H3,(H2,13,14,15);1H. The Morgan fingerprint density at radius 3 is 2.47 bits per heavy atom. The molecule has 0 radical (unpaired) electrons. The van der Waals surface area contributed by atoms with Gasteiger partial charge in [0, 0.05) is 19.6 Å². The summed E-state index contributed by atoms with van der Waals surface area (Å²) in [6.07, 6.45) is 7.08. The third kappa shape index (κ3) is 14.3. The van der Waals surface area contributed by atoms with Crippen molar-refractivity contribution in [1.82, 2.24) is 10.6 Å². The van der Waals surface area contributed by atoms with Crippen LogP contribution in [0.4, 0.5) is 0 Å². The number of halogens is 1. The van der Waals surface area contributed by atoms with Crippen LogP contribution in [-0.4, -0.2) is 37.6 Å². The second-order valence-electron chi connectivity index (χ2n) is 3.74. The highest BCUT2D eigenvalue weighted by Gasteiger charge is 1.95. The van der Waals surface area contributed by atoms with E-state index in [0.29, 0.717) is 0 Å². The maximum Gasteiger partial charge on any atom is 0.191 e. The highest BCUT2D eigenvalue weighted by Crippen LogP contribution is 1.95. The molecule has 0 atom stereocenters. The summed E-state index contributed by atoms with van der Waals surface area (Å²) in [4.78, 5) is 4.53. The van der Waals surface area contributed by atoms with Crippen molar-refractivity contribution in [2.45, 2.75) is 39.5 Å². The van der Waals surface area contributed by atoms with Crippen LogP contribution in [0.15, 0.2) is 4.99 Å². The molecular weight excluding hydrogens is 345 g/mol. The molecule has 0 fully saturated rings. The first-order chi connectivity index (χ1) is 7.85. The Balaban J connectivity index is 0. The zero-order valence-corrected chi connectivity index (χ0v) is 14.6. The third-order valence-corrected chi connectivity index (χ3v) is 2.89. The lowest BCUT2D eigenvalue weighted by atomic mass is 10.2. The van der Waals surface area contributed by atoms with Crippen LogP contribution in [-0.2, 0) is 0 Å². The van der Waals surface area contributed by atoms with Crippen molar-refractivity contribution in [1.29, 1.82) is 0 Å². The second kappa shape index (κ2) is 16.4. The van der Waals surface area contributed by atoms with Gasteiger partial charge in [0.05, 0.1) is 0 Å². The predicted octanol–water partition coefficient (Wildman–Crippen LogP) is 3.10. The van der Waals surface area contributed by atoms with Crippen LogP contribution < -0.4 is 10.6 Å². The first kappa shape index (κ1) is 19.7. The van der Waals surface area contributed by atoms with Gasteiger partial charge in [-0.3, -0.25) is 4.99 Å². The Bertz CT molecular complexity index is 177. The fourth-order valence-electron chi connectivity index (χ4n) is 1.32. The van der Waals surface area contributed by atoms with Gasteiger partial charge in [-0.1, -0.05) is 19.8 Å². The molecule has 0 rings (SSSR count). The van der Waals surface area contributed by atoms with Gasteiger partial charge in [0.15, 0.2) is 5.96 Å². The fraction of sp³-hybridized carbons (Fsp3) is 0.917. The number of aliphatic imine (C=N–C) groups is 1. The van der Waals surface area contributed by atoms with Crippen molar-refractivity contribution in [3.63, 3.8) is 0 Å². The van der Waals surface area contributed by atoms with Gasteiger partial charge in [0.25, 0.3) is 0 Å². The van der Waals surface area contributed by atoms with Crippen LogP contribution in [0.2, 0.25) is 0 Å². The monoisotopic (exact) mass is 373 g/mol. The molecule has 0 aromatic heterocycles. The van der Waals surface area contributed by atoms with Crippen LogP contribution in [0, 0.1) is 0 Å². The van der Waals surface area contributed by atoms with Crippen LogP contribution in [0.25, 0.3) is 0 Å². The van der Waals surface area contributed by atoms with E-state index in [1.54, 1.807) is 0 Å². The molecule has 0 aromatic carbocycles. The lowest BCUT2D eigenvalue weighted by molar-refractivity contribution is 0.683. The van der Waals surface area contributed by atoms with E-state index in [1.807, 2.05) is 11.8 Å². The van der Waals surface area contributed by atoms with E-state index in [2.05, 4.69) is 35.7 Å². The molecule has 5 heteroatoms. The Kier molecular flexibility index (Phi) is 18.9. The topological polar surface area (TPSA) is 36.4 Å². The summed E-state index contributed by atoms with van der Waals surface area (Å²) in [6.45, 7) is 7.21. The average Bonchev–Trinajstić information content (AvgIpc) is 2.30. The quantitative estimate of drug-likeness (QED) is 0.282. The molecule has 0 saturated heterocycles. The minimum atomic E-state index is 0. The summed E-state index contributed by atoms with van der Waals surface area (Å²) in [6, 6.07) is 0. The highest BCUT2D eigenvalue weighted by atomic mass is 127. The summed E-state index contributed by atoms with van der Waals surface area (Å²) >= 11 is 1.88. The molecule has 17 heavy (non-hydrogen) atoms. The minimum Gasteiger partial charge on any atom is -0.357 e. The molecule has 0 unspecified atom stereocenters. The summed E-state index contributed by atoms with van der Waals surface area (Å²) in [5.74, 6) is 2.17. The van der Waals surface area contributed by atoms with E-state index in [4.69, 9.17) is 0 Å². The number of unbranched alkanes of at least 4 members (excludes halogenated alkanes) is 2. The van der Waals surface area contributed by atoms with Crippen molar-refractivity contribution in [2.24, 2.45) is 4.99 Å². The number of guanidine groups is 1. The summed E-state index contributed by atoms with van der Waals surface area (Å²) in [5, 5.41) is 6.63. The molecule has 0 aliphatic rings. The van der Waals surface area contributed by atoms with E-state index in [-0.39, 0.29) is 24.0 Å². The SMILES string of the molecule is CCCCCNC(=NCCCSC)NCC.I. The largest absolute Gasteiger partial charge is 0.357 e. The number of hydrogen-bond donors (Lipinski definition) is 2. The Morgan fingerprint density at radius 1 is 1.12 bits per heavy atom. The highest BCUT2D eigenvalue weighted by molar-refractivity contribution is 14.0. The zero-order chi connectivity index (χ0) is 12.1. The maximum atomic E-state index is 4.53. The summed E-state index contributed by atoms with van der Waals surface area (Å²) in [5.41, 5.74) is 0. The fourth-order valence-corrected chi connectivity index (χ4v) is 1.74. The Morgan fingerprint density at radius 2 is 1.88 bits per heavy atom. The Hall–Kier alpha value is 0.350. The van der Waals surface area contributed by atoms with Gasteiger partial charge in [-0.2, -0.15) is 11.8 Å². The molecule has 104 valence electrons. The molecule has 0 amide bonds. The third-order valence-electron chi connectivity index (χ3n) is 2.19. The molecule has 2 N–H and O–H groups in total. The van der Waals surface area contributed by atoms with Crippen LogP contribution in [0.3, 0.4) is 0 Å². The molecule has 0 heterocycles. The van der Waals surface area contributed by atoms with E-state index in [1.165, 1.54) is 25.0 Å². The van der Waals surface area contributed by atoms with Gasteiger partial charge < -0.3 is 10.6 Å². The molecule has 0 aromatic rings. The molecule has 0 aliphatic carbocycles. The maximum absolute atomic E-state index is 4.53. The van der Waals surface area contributed by atoms with Crippen molar-refractivity contribution >= 4 is 41.7 Å². The predicted molar refractivity (Wildman–Crippen MR) is 91.9 cm³/mol. The smallest absolute Gasteiger partial charge is 0.191 e. The molecule has 0 saturated carbocycles. The average molecular weight is 373 g/mol. The van der Waals surface area contributed by atoms with Crippen molar-refractivity contribution in [3.05, 3.63) is 0 Å². The van der Waals surface area contributed by atoms with Gasteiger partial charge >= 0.3 is 0 Å². The van der Waals surface area contributed by atoms with Gasteiger partial charge in [-0.25, -0.2) is 0 Å². The van der Waals surface area contributed by atoms with Crippen molar-refractivity contribution < 1.29 is 0 Å². The number of nitrogens with zero attached hydrogens (tertiary/aromatic N) is 1. The van der Waals surface area contributed by atoms with Crippen molar-refractivity contribution in [3.8, 4) is 0 Å². The van der Waals surface area contributed by atoms with Gasteiger partial charge in [0.1, 0.15) is 0 Å².